The van der Waals surface area contributed by atoms with Crippen LogP contribution in [0.1, 0.15) is 71.6 Å². The quantitative estimate of drug-likeness (QED) is 0.529. The predicted molar refractivity (Wildman–Crippen MR) is 91.4 cm³/mol. The first kappa shape index (κ1) is 15.7. The fraction of sp³-hybridized carbons (Fsp3) is 0.952. The molecule has 0 aromatic carbocycles. The van der Waals surface area contributed by atoms with E-state index in [1.54, 1.807) is 7.11 Å². The van der Waals surface area contributed by atoms with Gasteiger partial charge in [-0.3, -0.25) is 4.79 Å². The van der Waals surface area contributed by atoms with Crippen molar-refractivity contribution in [1.82, 2.24) is 0 Å². The van der Waals surface area contributed by atoms with Gasteiger partial charge in [0, 0.05) is 0 Å². The molecule has 5 aliphatic rings. The molecule has 2 bridgehead atoms. The van der Waals surface area contributed by atoms with Crippen LogP contribution in [0.25, 0.3) is 0 Å². The molecule has 1 unspecified atom stereocenters. The smallest absolute Gasteiger partial charge is 0.311 e. The maximum absolute atomic E-state index is 12.7. The maximum Gasteiger partial charge on any atom is 0.311 e. The molecule has 1 heterocycles. The highest BCUT2D eigenvalue weighted by Crippen LogP contribution is 2.75. The molecule has 0 aromatic heterocycles. The Morgan fingerprint density at radius 2 is 1.88 bits per heavy atom. The number of hydrogen-bond donors (Lipinski definition) is 0. The molecule has 0 radical (unpaired) electrons. The molecule has 4 aliphatic carbocycles. The summed E-state index contributed by atoms with van der Waals surface area (Å²) in [5.41, 5.74) is 0.828. The normalized spacial score (nSPS) is 58.0. The van der Waals surface area contributed by atoms with Gasteiger partial charge >= 0.3 is 5.97 Å². The molecular formula is C21H32O3. The van der Waals surface area contributed by atoms with Crippen LogP contribution in [-0.4, -0.2) is 25.3 Å². The number of esters is 1. The molecule has 24 heavy (non-hydrogen) atoms. The Kier molecular flexibility index (Phi) is 2.99. The first-order valence-corrected chi connectivity index (χ1v) is 10.1. The fourth-order valence-electron chi connectivity index (χ4n) is 8.51. The van der Waals surface area contributed by atoms with Gasteiger partial charge in [0.05, 0.1) is 24.7 Å². The lowest BCUT2D eigenvalue weighted by Crippen LogP contribution is -2.58. The lowest BCUT2D eigenvalue weighted by atomic mass is 9.41. The van der Waals surface area contributed by atoms with Crippen molar-refractivity contribution in [2.45, 2.75) is 77.2 Å². The number of ether oxygens (including phenoxy) is 2. The van der Waals surface area contributed by atoms with Crippen LogP contribution in [0.3, 0.4) is 0 Å². The van der Waals surface area contributed by atoms with E-state index in [9.17, 15) is 4.79 Å². The summed E-state index contributed by atoms with van der Waals surface area (Å²) in [6.45, 7) is 5.75. The van der Waals surface area contributed by atoms with E-state index in [0.717, 1.165) is 24.9 Å². The van der Waals surface area contributed by atoms with Crippen LogP contribution in [0.2, 0.25) is 0 Å². The minimum absolute atomic E-state index is 0.0384. The number of hydrogen-bond acceptors (Lipinski definition) is 3. The third kappa shape index (κ3) is 1.70. The van der Waals surface area contributed by atoms with E-state index in [1.807, 2.05) is 0 Å². The molecular weight excluding hydrogens is 300 g/mol. The highest BCUT2D eigenvalue weighted by Gasteiger charge is 2.71. The van der Waals surface area contributed by atoms with E-state index in [1.165, 1.54) is 51.4 Å². The molecule has 4 saturated carbocycles. The minimum Gasteiger partial charge on any atom is -0.469 e. The van der Waals surface area contributed by atoms with Crippen molar-refractivity contribution < 1.29 is 14.3 Å². The Balaban J connectivity index is 1.53. The molecule has 3 nitrogen and oxygen atoms in total. The molecule has 134 valence electrons. The van der Waals surface area contributed by atoms with Crippen LogP contribution in [0.5, 0.6) is 0 Å². The van der Waals surface area contributed by atoms with Gasteiger partial charge in [-0.1, -0.05) is 13.3 Å². The van der Waals surface area contributed by atoms with E-state index in [2.05, 4.69) is 13.8 Å². The van der Waals surface area contributed by atoms with Gasteiger partial charge in [0.15, 0.2) is 0 Å². The third-order valence-corrected chi connectivity index (χ3v) is 9.46. The second-order valence-corrected chi connectivity index (χ2v) is 10.3. The summed E-state index contributed by atoms with van der Waals surface area (Å²) >= 11 is 0. The van der Waals surface area contributed by atoms with Crippen molar-refractivity contribution >= 4 is 5.97 Å². The molecule has 7 atom stereocenters. The Hall–Kier alpha value is -0.570. The summed E-state index contributed by atoms with van der Waals surface area (Å²) in [5.74, 6) is 2.14. The van der Waals surface area contributed by atoms with Crippen molar-refractivity contribution in [1.29, 1.82) is 0 Å². The molecule has 0 aromatic rings. The van der Waals surface area contributed by atoms with Gasteiger partial charge < -0.3 is 9.47 Å². The molecule has 0 N–H and O–H groups in total. The average Bonchev–Trinajstić information content (AvgIpc) is 3.29. The van der Waals surface area contributed by atoms with Gasteiger partial charge in [-0.05, 0) is 86.9 Å². The van der Waals surface area contributed by atoms with E-state index in [-0.39, 0.29) is 17.0 Å². The van der Waals surface area contributed by atoms with Gasteiger partial charge in [-0.25, -0.2) is 0 Å². The SMILES string of the molecule is COC(=O)[C@]1(C)CCCC2(C)[C@@H]3CC[C@@H]4C[C@@]3(CC[C@@H]21)C[C@]41CO1. The largest absolute Gasteiger partial charge is 0.469 e. The van der Waals surface area contributed by atoms with Crippen LogP contribution in [-0.2, 0) is 14.3 Å². The van der Waals surface area contributed by atoms with Gasteiger partial charge in [0.2, 0.25) is 0 Å². The zero-order chi connectivity index (χ0) is 16.8. The second kappa shape index (κ2) is 4.58. The van der Waals surface area contributed by atoms with E-state index in [0.29, 0.717) is 16.7 Å². The monoisotopic (exact) mass is 332 g/mol. The summed E-state index contributed by atoms with van der Waals surface area (Å²) < 4.78 is 11.3. The van der Waals surface area contributed by atoms with Crippen molar-refractivity contribution in [3.8, 4) is 0 Å². The fourth-order valence-corrected chi connectivity index (χ4v) is 8.51. The Morgan fingerprint density at radius 1 is 1.08 bits per heavy atom. The molecule has 0 amide bonds. The van der Waals surface area contributed by atoms with Crippen LogP contribution in [0.4, 0.5) is 0 Å². The Morgan fingerprint density at radius 3 is 2.58 bits per heavy atom. The van der Waals surface area contributed by atoms with Crippen molar-refractivity contribution in [3.05, 3.63) is 0 Å². The van der Waals surface area contributed by atoms with Crippen molar-refractivity contribution in [3.63, 3.8) is 0 Å². The lowest BCUT2D eigenvalue weighted by molar-refractivity contribution is -0.183. The predicted octanol–water partition coefficient (Wildman–Crippen LogP) is 4.34. The zero-order valence-electron chi connectivity index (χ0n) is 15.5. The number of carbonyl (C=O) groups is 1. The molecule has 5 fully saturated rings. The van der Waals surface area contributed by atoms with Crippen LogP contribution in [0.15, 0.2) is 0 Å². The van der Waals surface area contributed by atoms with Crippen molar-refractivity contribution in [2.24, 2.45) is 34.0 Å². The summed E-state index contributed by atoms with van der Waals surface area (Å²) in [5, 5.41) is 0. The van der Waals surface area contributed by atoms with E-state index in [4.69, 9.17) is 9.47 Å². The number of carbonyl (C=O) groups excluding carboxylic acids is 1. The lowest BCUT2D eigenvalue weighted by Gasteiger charge is -2.63. The van der Waals surface area contributed by atoms with Gasteiger partial charge in [0.25, 0.3) is 0 Å². The standard InChI is InChI=1S/C21H32O3/c1-18-8-4-9-19(2,17(22)23-3)15(18)7-10-20-11-14(5-6-16(18)20)21(12-20)13-24-21/h14-16H,4-13H2,1-3H3/t14-,15+,16+,18?,19-,20+,21+/m1/s1. The number of fused-ring (bicyclic) bond motifs is 4. The molecule has 2 spiro atoms. The van der Waals surface area contributed by atoms with E-state index < -0.39 is 0 Å². The Bertz CT molecular complexity index is 582. The topological polar surface area (TPSA) is 38.8 Å². The number of methoxy groups -OCH3 is 1. The highest BCUT2D eigenvalue weighted by molar-refractivity contribution is 5.77. The zero-order valence-corrected chi connectivity index (χ0v) is 15.5. The van der Waals surface area contributed by atoms with Gasteiger partial charge in [0.1, 0.15) is 0 Å². The van der Waals surface area contributed by atoms with E-state index >= 15 is 0 Å². The third-order valence-electron chi connectivity index (χ3n) is 9.46. The highest BCUT2D eigenvalue weighted by atomic mass is 16.6. The van der Waals surface area contributed by atoms with Gasteiger partial charge in [-0.15, -0.1) is 0 Å². The summed E-state index contributed by atoms with van der Waals surface area (Å²) in [6.07, 6.45) is 11.4. The Labute approximate surface area is 145 Å². The van der Waals surface area contributed by atoms with Crippen LogP contribution < -0.4 is 0 Å². The van der Waals surface area contributed by atoms with Crippen molar-refractivity contribution in [2.75, 3.05) is 13.7 Å². The van der Waals surface area contributed by atoms with Crippen LogP contribution >= 0.6 is 0 Å². The number of epoxide rings is 1. The van der Waals surface area contributed by atoms with Gasteiger partial charge in [-0.2, -0.15) is 0 Å². The molecule has 1 saturated heterocycles. The number of rotatable bonds is 1. The molecule has 3 heteroatoms. The maximum atomic E-state index is 12.7. The molecule has 5 rings (SSSR count). The second-order valence-electron chi connectivity index (χ2n) is 10.3. The molecule has 1 aliphatic heterocycles. The van der Waals surface area contributed by atoms with Crippen LogP contribution in [0, 0.1) is 34.0 Å². The summed E-state index contributed by atoms with van der Waals surface area (Å²) in [7, 11) is 1.57. The summed E-state index contributed by atoms with van der Waals surface area (Å²) in [4.78, 5) is 12.7. The summed E-state index contributed by atoms with van der Waals surface area (Å²) in [6, 6.07) is 0. The first-order chi connectivity index (χ1) is 11.4. The average molecular weight is 332 g/mol. The minimum atomic E-state index is -0.271. The first-order valence-electron chi connectivity index (χ1n) is 10.1.